The predicted octanol–water partition coefficient (Wildman–Crippen LogP) is 9.77. The lowest BCUT2D eigenvalue weighted by Gasteiger charge is -2.27. The summed E-state index contributed by atoms with van der Waals surface area (Å²) in [6.07, 6.45) is 30.5. The van der Waals surface area contributed by atoms with Crippen LogP contribution >= 0.6 is 0 Å². The zero-order chi connectivity index (χ0) is 38.7. The Morgan fingerprint density at radius 2 is 0.827 bits per heavy atom. The van der Waals surface area contributed by atoms with Crippen LogP contribution in [0.15, 0.2) is 0 Å². The van der Waals surface area contributed by atoms with Crippen LogP contribution in [-0.4, -0.2) is 74.3 Å². The maximum absolute atomic E-state index is 12.1. The van der Waals surface area contributed by atoms with Crippen molar-refractivity contribution >= 4 is 17.7 Å². The molecule has 0 saturated carbocycles. The van der Waals surface area contributed by atoms with E-state index in [1.54, 1.807) is 0 Å². The molecule has 0 aromatic rings. The third-order valence-corrected chi connectivity index (χ3v) is 10.6. The highest BCUT2D eigenvalue weighted by Gasteiger charge is 2.36. The maximum Gasteiger partial charge on any atom is 0.306 e. The molecule has 0 fully saturated rings. The third kappa shape index (κ3) is 29.9. The molecule has 0 aliphatic rings. The number of Topliss-reactive ketones (excluding diaryl/α,β-unsaturated/α-hetero) is 1. The van der Waals surface area contributed by atoms with Crippen molar-refractivity contribution in [3.63, 3.8) is 0 Å². The summed E-state index contributed by atoms with van der Waals surface area (Å²) in [5.74, 6) is -2.05. The van der Waals surface area contributed by atoms with Gasteiger partial charge in [-0.25, -0.2) is 0 Å². The number of unbranched alkanes of at least 4 members (excludes halogenated alkanes) is 27. The van der Waals surface area contributed by atoms with Gasteiger partial charge in [0.2, 0.25) is 0 Å². The lowest BCUT2D eigenvalue weighted by molar-refractivity contribution is -0.172. The maximum atomic E-state index is 12.1. The number of ketones is 1. The van der Waals surface area contributed by atoms with Crippen molar-refractivity contribution in [2.75, 3.05) is 6.61 Å². The van der Waals surface area contributed by atoms with Crippen LogP contribution < -0.4 is 0 Å². The summed E-state index contributed by atoms with van der Waals surface area (Å²) in [6, 6.07) is 0. The number of ether oxygens (including phenoxy) is 1. The van der Waals surface area contributed by atoms with Gasteiger partial charge in [0.25, 0.3) is 0 Å². The highest BCUT2D eigenvalue weighted by molar-refractivity contribution is 5.84. The third-order valence-electron chi connectivity index (χ3n) is 10.6. The first-order valence-corrected chi connectivity index (χ1v) is 21.7. The number of esters is 1. The van der Waals surface area contributed by atoms with E-state index in [1.165, 1.54) is 141 Å². The zero-order valence-corrected chi connectivity index (χ0v) is 33.6. The van der Waals surface area contributed by atoms with Crippen molar-refractivity contribution in [3.8, 4) is 0 Å². The molecule has 0 saturated heterocycles. The number of aliphatic hydroxyl groups is 4. The van der Waals surface area contributed by atoms with Crippen molar-refractivity contribution in [1.29, 1.82) is 0 Å². The van der Waals surface area contributed by atoms with Crippen molar-refractivity contribution in [2.24, 2.45) is 5.92 Å². The number of hydrogen-bond donors (Lipinski definition) is 5. The minimum Gasteiger partial charge on any atom is -0.481 e. The molecule has 0 rings (SSSR count). The molecule has 0 amide bonds. The quantitative estimate of drug-likeness (QED) is 0.0304. The van der Waals surface area contributed by atoms with Crippen LogP contribution in [0.3, 0.4) is 0 Å². The number of aliphatic carboxylic acids is 1. The molecule has 5 atom stereocenters. The second kappa shape index (κ2) is 36.4. The molecule has 52 heavy (non-hydrogen) atoms. The Labute approximate surface area is 318 Å². The highest BCUT2D eigenvalue weighted by atomic mass is 16.6. The van der Waals surface area contributed by atoms with Crippen LogP contribution in [0.2, 0.25) is 0 Å². The van der Waals surface area contributed by atoms with Crippen molar-refractivity contribution in [2.45, 2.75) is 244 Å². The molecule has 0 aliphatic heterocycles. The SMILES string of the molecule is CCCCCCCCCCCCCCCCC(CCCCCCCCCCCCCCCCCC(=O)O[C@@H](C(C)=O)[C@@H](O)[C@H](O)[C@H](O)CO)C(=O)O. The molecule has 0 aromatic heterocycles. The summed E-state index contributed by atoms with van der Waals surface area (Å²) >= 11 is 0. The average Bonchev–Trinajstić information content (AvgIpc) is 3.12. The lowest BCUT2D eigenvalue weighted by Crippen LogP contribution is -2.49. The fourth-order valence-electron chi connectivity index (χ4n) is 7.04. The Kier molecular flexibility index (Phi) is 35.3. The van der Waals surface area contributed by atoms with Gasteiger partial charge in [-0.1, -0.05) is 187 Å². The van der Waals surface area contributed by atoms with E-state index in [-0.39, 0.29) is 12.3 Å². The summed E-state index contributed by atoms with van der Waals surface area (Å²) in [4.78, 5) is 35.6. The molecule has 0 heterocycles. The van der Waals surface area contributed by atoms with Gasteiger partial charge in [-0.2, -0.15) is 0 Å². The molecule has 9 nitrogen and oxygen atoms in total. The van der Waals surface area contributed by atoms with Gasteiger partial charge >= 0.3 is 11.9 Å². The van der Waals surface area contributed by atoms with E-state index in [4.69, 9.17) is 9.84 Å². The Bertz CT molecular complexity index is 835. The van der Waals surface area contributed by atoms with Crippen molar-refractivity contribution in [3.05, 3.63) is 0 Å². The number of carboxylic acids is 1. The largest absolute Gasteiger partial charge is 0.481 e. The minimum absolute atomic E-state index is 0.109. The molecule has 5 N–H and O–H groups in total. The predicted molar refractivity (Wildman–Crippen MR) is 210 cm³/mol. The average molecular weight is 743 g/mol. The standard InChI is InChI=1S/C43H82O9/c1-3-4-5-6-7-8-9-10-14-17-20-23-26-29-32-37(43(50)51)33-30-27-24-21-18-15-12-11-13-16-19-22-25-28-31-34-39(47)52-42(36(2)45)41(49)40(48)38(46)35-44/h37-38,40-42,44,46,48-49H,3-35H2,1-2H3,(H,50,51)/t37?,38-,40-,41+,42+/m1/s1. The number of carbonyl (C=O) groups is 3. The van der Waals surface area contributed by atoms with E-state index < -0.39 is 48.7 Å². The fourth-order valence-corrected chi connectivity index (χ4v) is 7.04. The summed E-state index contributed by atoms with van der Waals surface area (Å²) in [5.41, 5.74) is 0. The highest BCUT2D eigenvalue weighted by Crippen LogP contribution is 2.21. The second-order valence-corrected chi connectivity index (χ2v) is 15.5. The molecule has 1 unspecified atom stereocenters. The smallest absolute Gasteiger partial charge is 0.306 e. The van der Waals surface area contributed by atoms with E-state index in [1.807, 2.05) is 0 Å². The van der Waals surface area contributed by atoms with Crippen LogP contribution in [0.25, 0.3) is 0 Å². The molecule has 0 aliphatic carbocycles. The monoisotopic (exact) mass is 743 g/mol. The fraction of sp³-hybridized carbons (Fsp3) is 0.930. The van der Waals surface area contributed by atoms with Gasteiger partial charge in [0.15, 0.2) is 11.9 Å². The van der Waals surface area contributed by atoms with Crippen LogP contribution in [0.1, 0.15) is 219 Å². The molecule has 0 aromatic carbocycles. The molecule has 9 heteroatoms. The normalized spacial score (nSPS) is 14.5. The van der Waals surface area contributed by atoms with Gasteiger partial charge in [0, 0.05) is 6.42 Å². The Morgan fingerprint density at radius 3 is 1.13 bits per heavy atom. The molecule has 0 radical (unpaired) electrons. The number of carbonyl (C=O) groups excluding carboxylic acids is 2. The summed E-state index contributed by atoms with van der Waals surface area (Å²) in [6.45, 7) is 2.60. The Balaban J connectivity index is 3.60. The Morgan fingerprint density at radius 1 is 0.500 bits per heavy atom. The first kappa shape index (κ1) is 50.5. The van der Waals surface area contributed by atoms with Crippen LogP contribution in [-0.2, 0) is 19.1 Å². The van der Waals surface area contributed by atoms with Gasteiger partial charge in [-0.3, -0.25) is 14.4 Å². The van der Waals surface area contributed by atoms with Gasteiger partial charge in [-0.15, -0.1) is 0 Å². The molecule has 308 valence electrons. The summed E-state index contributed by atoms with van der Waals surface area (Å²) in [5, 5.41) is 48.0. The van der Waals surface area contributed by atoms with Crippen molar-refractivity contribution in [1.82, 2.24) is 0 Å². The van der Waals surface area contributed by atoms with Gasteiger partial charge < -0.3 is 30.3 Å². The van der Waals surface area contributed by atoms with E-state index in [0.717, 1.165) is 58.3 Å². The van der Waals surface area contributed by atoms with Crippen molar-refractivity contribution < 1.29 is 44.7 Å². The minimum atomic E-state index is -1.81. The number of hydrogen-bond acceptors (Lipinski definition) is 8. The number of carboxylic acid groups (broad SMARTS) is 1. The van der Waals surface area contributed by atoms with E-state index in [2.05, 4.69) is 6.92 Å². The topological polar surface area (TPSA) is 162 Å². The van der Waals surface area contributed by atoms with Gasteiger partial charge in [0.1, 0.15) is 18.3 Å². The van der Waals surface area contributed by atoms with E-state index in [9.17, 15) is 34.8 Å². The first-order chi connectivity index (χ1) is 25.1. The molecule has 0 spiro atoms. The number of rotatable bonds is 40. The number of aliphatic hydroxyl groups excluding tert-OH is 4. The van der Waals surface area contributed by atoms with E-state index in [0.29, 0.717) is 6.42 Å². The second-order valence-electron chi connectivity index (χ2n) is 15.5. The van der Waals surface area contributed by atoms with Crippen LogP contribution in [0.4, 0.5) is 0 Å². The summed E-state index contributed by atoms with van der Waals surface area (Å²) < 4.78 is 5.06. The van der Waals surface area contributed by atoms with Gasteiger partial charge in [0.05, 0.1) is 12.5 Å². The molecular weight excluding hydrogens is 660 g/mol. The lowest BCUT2D eigenvalue weighted by atomic mass is 9.94. The Hall–Kier alpha value is -1.55. The van der Waals surface area contributed by atoms with Gasteiger partial charge in [-0.05, 0) is 26.2 Å². The molecular formula is C43H82O9. The van der Waals surface area contributed by atoms with E-state index >= 15 is 0 Å². The summed E-state index contributed by atoms with van der Waals surface area (Å²) in [7, 11) is 0. The van der Waals surface area contributed by atoms with Crippen LogP contribution in [0, 0.1) is 5.92 Å². The first-order valence-electron chi connectivity index (χ1n) is 21.7. The zero-order valence-electron chi connectivity index (χ0n) is 33.6. The molecule has 0 bridgehead atoms. The van der Waals surface area contributed by atoms with Crippen LogP contribution in [0.5, 0.6) is 0 Å².